The van der Waals surface area contributed by atoms with Crippen molar-refractivity contribution >= 4 is 27.7 Å². The summed E-state index contributed by atoms with van der Waals surface area (Å²) >= 11 is 5.72. The van der Waals surface area contributed by atoms with Gasteiger partial charge in [0.05, 0.1) is 0 Å². The van der Waals surface area contributed by atoms with Gasteiger partial charge in [0, 0.05) is 23.6 Å². The quantitative estimate of drug-likeness (QED) is 0.755. The van der Waals surface area contributed by atoms with E-state index < -0.39 is 10.0 Å². The Hall–Kier alpha value is -0.880. The van der Waals surface area contributed by atoms with Gasteiger partial charge in [0.25, 0.3) is 0 Å². The van der Waals surface area contributed by atoms with Gasteiger partial charge in [-0.1, -0.05) is 23.7 Å². The first-order chi connectivity index (χ1) is 8.53. The van der Waals surface area contributed by atoms with Crippen molar-refractivity contribution < 1.29 is 13.5 Å². The van der Waals surface area contributed by atoms with E-state index in [1.54, 1.807) is 24.3 Å². The summed E-state index contributed by atoms with van der Waals surface area (Å²) in [5.41, 5.74) is 0.764. The number of aliphatic hydroxyl groups is 1. The van der Waals surface area contributed by atoms with Crippen LogP contribution in [0.25, 0.3) is 6.08 Å². The monoisotopic (exact) mass is 289 g/mol. The second kappa shape index (κ2) is 7.53. The van der Waals surface area contributed by atoms with Crippen molar-refractivity contribution in [2.75, 3.05) is 13.2 Å². The van der Waals surface area contributed by atoms with Crippen LogP contribution in [-0.2, 0) is 10.0 Å². The number of hydrogen-bond acceptors (Lipinski definition) is 3. The predicted molar refractivity (Wildman–Crippen MR) is 73.7 cm³/mol. The summed E-state index contributed by atoms with van der Waals surface area (Å²) in [5, 5.41) is 10.3. The summed E-state index contributed by atoms with van der Waals surface area (Å²) in [4.78, 5) is 0. The molecule has 0 fully saturated rings. The zero-order valence-electron chi connectivity index (χ0n) is 9.84. The molecule has 0 bridgehead atoms. The number of benzene rings is 1. The molecule has 1 rings (SSSR count). The molecular weight excluding hydrogens is 274 g/mol. The van der Waals surface area contributed by atoms with Gasteiger partial charge in [0.1, 0.15) is 0 Å². The van der Waals surface area contributed by atoms with Crippen LogP contribution in [0.4, 0.5) is 0 Å². The molecule has 0 radical (unpaired) electrons. The summed E-state index contributed by atoms with van der Waals surface area (Å²) in [6, 6.07) is 6.87. The van der Waals surface area contributed by atoms with Gasteiger partial charge < -0.3 is 5.11 Å². The predicted octanol–water partition coefficient (Wildman–Crippen LogP) is 2.00. The zero-order chi connectivity index (χ0) is 13.4. The lowest BCUT2D eigenvalue weighted by Crippen LogP contribution is -2.22. The fourth-order valence-corrected chi connectivity index (χ4v) is 2.23. The molecule has 1 aromatic carbocycles. The molecule has 100 valence electrons. The molecule has 0 aliphatic rings. The molecule has 0 heterocycles. The number of halogens is 1. The maximum atomic E-state index is 11.5. The van der Waals surface area contributed by atoms with Crippen molar-refractivity contribution in [2.45, 2.75) is 12.8 Å². The Labute approximate surface area is 112 Å². The van der Waals surface area contributed by atoms with Crippen molar-refractivity contribution in [1.29, 1.82) is 0 Å². The molecular formula is C12H16ClNO3S. The lowest BCUT2D eigenvalue weighted by atomic mass is 10.2. The summed E-state index contributed by atoms with van der Waals surface area (Å²) in [6.07, 6.45) is 2.71. The van der Waals surface area contributed by atoms with Gasteiger partial charge >= 0.3 is 0 Å². The SMILES string of the molecule is O=S(=O)(/C=C/c1ccc(Cl)cc1)NCCCCO. The molecule has 0 aromatic heterocycles. The van der Waals surface area contributed by atoms with Crippen LogP contribution in [0, 0.1) is 0 Å². The fraction of sp³-hybridized carbons (Fsp3) is 0.333. The van der Waals surface area contributed by atoms with Crippen LogP contribution >= 0.6 is 11.6 Å². The molecule has 0 saturated heterocycles. The molecule has 0 saturated carbocycles. The highest BCUT2D eigenvalue weighted by Crippen LogP contribution is 2.11. The van der Waals surface area contributed by atoms with E-state index in [9.17, 15) is 8.42 Å². The van der Waals surface area contributed by atoms with Crippen LogP contribution in [-0.4, -0.2) is 26.7 Å². The average Bonchev–Trinajstić information content (AvgIpc) is 2.34. The molecule has 0 unspecified atom stereocenters. The van der Waals surface area contributed by atoms with Crippen molar-refractivity contribution in [1.82, 2.24) is 4.72 Å². The number of hydrogen-bond donors (Lipinski definition) is 2. The zero-order valence-corrected chi connectivity index (χ0v) is 11.4. The summed E-state index contributed by atoms with van der Waals surface area (Å²) < 4.78 is 25.5. The number of aliphatic hydroxyl groups excluding tert-OH is 1. The number of sulfonamides is 1. The Bertz CT molecular complexity index is 483. The lowest BCUT2D eigenvalue weighted by molar-refractivity contribution is 0.285. The molecule has 0 spiro atoms. The Morgan fingerprint density at radius 2 is 1.89 bits per heavy atom. The minimum atomic E-state index is -3.42. The topological polar surface area (TPSA) is 66.4 Å². The first-order valence-electron chi connectivity index (χ1n) is 5.58. The molecule has 18 heavy (non-hydrogen) atoms. The van der Waals surface area contributed by atoms with Crippen molar-refractivity contribution in [3.8, 4) is 0 Å². The summed E-state index contributed by atoms with van der Waals surface area (Å²) in [6.45, 7) is 0.399. The molecule has 1 aromatic rings. The van der Waals surface area contributed by atoms with E-state index in [2.05, 4.69) is 4.72 Å². The first kappa shape index (κ1) is 15.2. The molecule has 6 heteroatoms. The van der Waals surface area contributed by atoms with Gasteiger partial charge in [-0.15, -0.1) is 0 Å². The Morgan fingerprint density at radius 3 is 2.50 bits per heavy atom. The maximum absolute atomic E-state index is 11.5. The van der Waals surface area contributed by atoms with Crippen LogP contribution in [0.15, 0.2) is 29.7 Å². The van der Waals surface area contributed by atoms with E-state index in [0.717, 1.165) is 11.0 Å². The molecule has 0 aliphatic heterocycles. The second-order valence-electron chi connectivity index (χ2n) is 3.72. The standard InChI is InChI=1S/C12H16ClNO3S/c13-12-5-3-11(4-6-12)7-10-18(16,17)14-8-1-2-9-15/h3-7,10,14-15H,1-2,8-9H2/b10-7+. The third-order valence-corrected chi connectivity index (χ3v) is 3.55. The highest BCUT2D eigenvalue weighted by atomic mass is 35.5. The van der Waals surface area contributed by atoms with Crippen LogP contribution in [0.1, 0.15) is 18.4 Å². The summed E-state index contributed by atoms with van der Waals surface area (Å²) in [7, 11) is -3.42. The molecule has 4 nitrogen and oxygen atoms in total. The van der Waals surface area contributed by atoms with E-state index in [1.807, 2.05) is 0 Å². The normalized spacial score (nSPS) is 12.1. The largest absolute Gasteiger partial charge is 0.396 e. The maximum Gasteiger partial charge on any atom is 0.233 e. The van der Waals surface area contributed by atoms with Crippen LogP contribution in [0.2, 0.25) is 5.02 Å². The van der Waals surface area contributed by atoms with Crippen molar-refractivity contribution in [3.63, 3.8) is 0 Å². The molecule has 0 amide bonds. The van der Waals surface area contributed by atoms with Crippen LogP contribution in [0.3, 0.4) is 0 Å². The Balaban J connectivity index is 2.51. The minimum Gasteiger partial charge on any atom is -0.396 e. The van der Waals surface area contributed by atoms with E-state index in [4.69, 9.17) is 16.7 Å². The van der Waals surface area contributed by atoms with E-state index in [1.165, 1.54) is 6.08 Å². The fourth-order valence-electron chi connectivity index (χ4n) is 1.24. The molecule has 0 aliphatic carbocycles. The third-order valence-electron chi connectivity index (χ3n) is 2.20. The van der Waals surface area contributed by atoms with Gasteiger partial charge in [0.15, 0.2) is 0 Å². The van der Waals surface area contributed by atoms with Gasteiger partial charge in [-0.05, 0) is 36.6 Å². The molecule has 2 N–H and O–H groups in total. The van der Waals surface area contributed by atoms with E-state index >= 15 is 0 Å². The molecule has 0 atom stereocenters. The van der Waals surface area contributed by atoms with E-state index in [0.29, 0.717) is 24.4 Å². The highest BCUT2D eigenvalue weighted by Gasteiger charge is 2.03. The first-order valence-corrected chi connectivity index (χ1v) is 7.50. The van der Waals surface area contributed by atoms with E-state index in [-0.39, 0.29) is 6.61 Å². The van der Waals surface area contributed by atoms with Crippen LogP contribution in [0.5, 0.6) is 0 Å². The van der Waals surface area contributed by atoms with Crippen LogP contribution < -0.4 is 4.72 Å². The smallest absolute Gasteiger partial charge is 0.233 e. The minimum absolute atomic E-state index is 0.0718. The number of unbranched alkanes of at least 4 members (excludes halogenated alkanes) is 1. The Kier molecular flexibility index (Phi) is 6.35. The highest BCUT2D eigenvalue weighted by molar-refractivity contribution is 7.92. The third kappa shape index (κ3) is 6.16. The average molecular weight is 290 g/mol. The van der Waals surface area contributed by atoms with Gasteiger partial charge in [-0.2, -0.15) is 0 Å². The second-order valence-corrected chi connectivity index (χ2v) is 5.81. The van der Waals surface area contributed by atoms with Gasteiger partial charge in [-0.25, -0.2) is 13.1 Å². The number of rotatable bonds is 7. The Morgan fingerprint density at radius 1 is 1.22 bits per heavy atom. The van der Waals surface area contributed by atoms with Gasteiger partial charge in [0.2, 0.25) is 10.0 Å². The summed E-state index contributed by atoms with van der Waals surface area (Å²) in [5.74, 6) is 0. The van der Waals surface area contributed by atoms with Gasteiger partial charge in [-0.3, -0.25) is 0 Å². The van der Waals surface area contributed by atoms with Crippen molar-refractivity contribution in [2.24, 2.45) is 0 Å². The number of nitrogens with one attached hydrogen (secondary N) is 1. The van der Waals surface area contributed by atoms with Crippen molar-refractivity contribution in [3.05, 3.63) is 40.3 Å². The lowest BCUT2D eigenvalue weighted by Gasteiger charge is -2.01.